The van der Waals surface area contributed by atoms with Gasteiger partial charge in [0, 0.05) is 11.5 Å². The molecule has 1 unspecified atom stereocenters. The third-order valence-corrected chi connectivity index (χ3v) is 8.27. The first-order chi connectivity index (χ1) is 14.7. The minimum Gasteiger partial charge on any atom is -0.306 e. The summed E-state index contributed by atoms with van der Waals surface area (Å²) in [6, 6.07) is 4.87. The number of alkyl halides is 3. The molecule has 4 fully saturated rings. The molecule has 2 aromatic rings. The van der Waals surface area contributed by atoms with Crippen LogP contribution in [0.4, 0.5) is 13.2 Å². The van der Waals surface area contributed by atoms with Crippen LogP contribution in [0.15, 0.2) is 34.6 Å². The Morgan fingerprint density at radius 1 is 1.00 bits per heavy atom. The number of halogens is 3. The number of aromatic amines is 1. The van der Waals surface area contributed by atoms with E-state index in [-0.39, 0.29) is 16.9 Å². The lowest BCUT2D eigenvalue weighted by atomic mass is 9.46. The van der Waals surface area contributed by atoms with Crippen LogP contribution < -0.4 is 5.56 Å². The predicted octanol–water partition coefficient (Wildman–Crippen LogP) is 6.17. The van der Waals surface area contributed by atoms with Gasteiger partial charge < -0.3 is 4.98 Å². The van der Waals surface area contributed by atoms with Gasteiger partial charge >= 0.3 is 6.18 Å². The fourth-order valence-electron chi connectivity index (χ4n) is 7.64. The molecular formula is C25H25F3N2O. The summed E-state index contributed by atoms with van der Waals surface area (Å²) in [4.78, 5) is 20.6. The summed E-state index contributed by atoms with van der Waals surface area (Å²) in [6.07, 6.45) is 5.27. The van der Waals surface area contributed by atoms with Crippen LogP contribution in [0.2, 0.25) is 0 Å². The standard InChI is InChI=1S/C25H25F3N2O/c1-13-6-19-21(20(13)24-10-14-7-15(11-24)9-16(8-14)12-24)29-22(30-23(19)31)17-2-4-18(5-3-17)25(26,27)28/h2-6,14-16,20H,7-12H2,1H3,(H,29,30,31). The molecule has 4 saturated carbocycles. The van der Waals surface area contributed by atoms with E-state index < -0.39 is 11.7 Å². The van der Waals surface area contributed by atoms with Crippen LogP contribution >= 0.6 is 0 Å². The normalized spacial score (nSPS) is 33.5. The Morgan fingerprint density at radius 2 is 1.58 bits per heavy atom. The molecule has 0 spiro atoms. The van der Waals surface area contributed by atoms with E-state index in [2.05, 4.69) is 11.9 Å². The Labute approximate surface area is 178 Å². The molecule has 31 heavy (non-hydrogen) atoms. The minimum absolute atomic E-state index is 0.145. The molecular weight excluding hydrogens is 401 g/mol. The molecule has 162 valence electrons. The van der Waals surface area contributed by atoms with Crippen molar-refractivity contribution in [2.75, 3.05) is 0 Å². The number of nitrogens with one attached hydrogen (secondary N) is 1. The molecule has 4 bridgehead atoms. The SMILES string of the molecule is CC1=Cc2c(nc(-c3ccc(C(F)(F)F)cc3)[nH]c2=O)C1C12CC3CC(CC(C3)C1)C2. The summed E-state index contributed by atoms with van der Waals surface area (Å²) >= 11 is 0. The van der Waals surface area contributed by atoms with E-state index in [1.54, 1.807) is 0 Å². The number of allylic oxidation sites excluding steroid dienone is 1. The molecule has 0 radical (unpaired) electrons. The van der Waals surface area contributed by atoms with Gasteiger partial charge in [0.25, 0.3) is 5.56 Å². The fourth-order valence-corrected chi connectivity index (χ4v) is 7.64. The van der Waals surface area contributed by atoms with Crippen LogP contribution in [0.1, 0.15) is 68.2 Å². The van der Waals surface area contributed by atoms with E-state index in [0.717, 1.165) is 35.6 Å². The van der Waals surface area contributed by atoms with Gasteiger partial charge in [-0.05, 0) is 86.8 Å². The quantitative estimate of drug-likeness (QED) is 0.624. The Morgan fingerprint density at radius 3 is 2.13 bits per heavy atom. The van der Waals surface area contributed by atoms with Gasteiger partial charge in [0.15, 0.2) is 0 Å². The van der Waals surface area contributed by atoms with Crippen molar-refractivity contribution in [2.45, 2.75) is 57.5 Å². The smallest absolute Gasteiger partial charge is 0.306 e. The summed E-state index contributed by atoms with van der Waals surface area (Å²) in [5.41, 5.74) is 2.45. The molecule has 7 rings (SSSR count). The van der Waals surface area contributed by atoms with E-state index in [0.29, 0.717) is 17.0 Å². The first-order valence-corrected chi connectivity index (χ1v) is 11.2. The molecule has 1 N–H and O–H groups in total. The van der Waals surface area contributed by atoms with E-state index in [1.165, 1.54) is 56.2 Å². The second-order valence-electron chi connectivity index (χ2n) is 10.4. The van der Waals surface area contributed by atoms with Crippen molar-refractivity contribution >= 4 is 6.08 Å². The van der Waals surface area contributed by atoms with Crippen molar-refractivity contribution in [3.8, 4) is 11.4 Å². The average Bonchev–Trinajstić information content (AvgIpc) is 3.03. The largest absolute Gasteiger partial charge is 0.416 e. The molecule has 1 aromatic carbocycles. The molecule has 1 aromatic heterocycles. The minimum atomic E-state index is -4.39. The zero-order chi connectivity index (χ0) is 21.5. The lowest BCUT2D eigenvalue weighted by molar-refractivity contribution is -0.137. The van der Waals surface area contributed by atoms with E-state index >= 15 is 0 Å². The molecule has 6 heteroatoms. The number of nitrogens with zero attached hydrogens (tertiary/aromatic N) is 1. The molecule has 0 amide bonds. The zero-order valence-corrected chi connectivity index (χ0v) is 17.4. The van der Waals surface area contributed by atoms with E-state index in [9.17, 15) is 18.0 Å². The summed E-state index contributed by atoms with van der Waals surface area (Å²) in [7, 11) is 0. The maximum atomic E-state index is 12.9. The van der Waals surface area contributed by atoms with Gasteiger partial charge in [0.05, 0.1) is 16.8 Å². The van der Waals surface area contributed by atoms with Crippen molar-refractivity contribution in [1.29, 1.82) is 0 Å². The van der Waals surface area contributed by atoms with Gasteiger partial charge in [-0.3, -0.25) is 4.79 Å². The molecule has 0 saturated heterocycles. The number of benzene rings is 1. The number of hydrogen-bond donors (Lipinski definition) is 1. The monoisotopic (exact) mass is 426 g/mol. The summed E-state index contributed by atoms with van der Waals surface area (Å²) < 4.78 is 38.8. The maximum Gasteiger partial charge on any atom is 0.416 e. The molecule has 5 aliphatic rings. The number of rotatable bonds is 2. The maximum absolute atomic E-state index is 12.9. The van der Waals surface area contributed by atoms with Crippen LogP contribution in [0.3, 0.4) is 0 Å². The highest BCUT2D eigenvalue weighted by Gasteiger charge is 2.56. The average molecular weight is 426 g/mol. The molecule has 0 aliphatic heterocycles. The van der Waals surface area contributed by atoms with Gasteiger partial charge in [0.2, 0.25) is 0 Å². The Kier molecular flexibility index (Phi) is 3.95. The number of hydrogen-bond acceptors (Lipinski definition) is 2. The summed E-state index contributed by atoms with van der Waals surface area (Å²) in [5, 5.41) is 0. The zero-order valence-electron chi connectivity index (χ0n) is 17.4. The molecule has 1 heterocycles. The highest BCUT2D eigenvalue weighted by atomic mass is 19.4. The molecule has 3 nitrogen and oxygen atoms in total. The highest BCUT2D eigenvalue weighted by Crippen LogP contribution is 2.66. The predicted molar refractivity (Wildman–Crippen MR) is 112 cm³/mol. The van der Waals surface area contributed by atoms with Crippen molar-refractivity contribution < 1.29 is 13.2 Å². The summed E-state index contributed by atoms with van der Waals surface area (Å²) in [5.74, 6) is 2.88. The van der Waals surface area contributed by atoms with Gasteiger partial charge in [-0.2, -0.15) is 13.2 Å². The Hall–Kier alpha value is -2.37. The van der Waals surface area contributed by atoms with E-state index in [4.69, 9.17) is 4.98 Å². The van der Waals surface area contributed by atoms with E-state index in [1.807, 2.05) is 6.08 Å². The summed E-state index contributed by atoms with van der Waals surface area (Å²) in [6.45, 7) is 2.11. The number of fused-ring (bicyclic) bond motifs is 1. The van der Waals surface area contributed by atoms with Gasteiger partial charge in [0.1, 0.15) is 5.82 Å². The molecule has 1 atom stereocenters. The second kappa shape index (κ2) is 6.33. The third kappa shape index (κ3) is 2.94. The first kappa shape index (κ1) is 19.3. The van der Waals surface area contributed by atoms with Crippen LogP contribution in [0.5, 0.6) is 0 Å². The van der Waals surface area contributed by atoms with Crippen molar-refractivity contribution in [3.05, 3.63) is 57.0 Å². The first-order valence-electron chi connectivity index (χ1n) is 11.2. The lowest BCUT2D eigenvalue weighted by Crippen LogP contribution is -2.49. The van der Waals surface area contributed by atoms with Gasteiger partial charge in [-0.1, -0.05) is 17.7 Å². The van der Waals surface area contributed by atoms with Crippen molar-refractivity contribution in [2.24, 2.45) is 23.2 Å². The Balaban J connectivity index is 1.42. The van der Waals surface area contributed by atoms with Crippen molar-refractivity contribution in [3.63, 3.8) is 0 Å². The van der Waals surface area contributed by atoms with Gasteiger partial charge in [-0.25, -0.2) is 4.98 Å². The van der Waals surface area contributed by atoms with Crippen molar-refractivity contribution in [1.82, 2.24) is 9.97 Å². The van der Waals surface area contributed by atoms with Crippen LogP contribution in [-0.2, 0) is 6.18 Å². The number of aromatic nitrogens is 2. The van der Waals surface area contributed by atoms with Crippen LogP contribution in [-0.4, -0.2) is 9.97 Å². The Bertz CT molecular complexity index is 1110. The van der Waals surface area contributed by atoms with Crippen LogP contribution in [0, 0.1) is 23.2 Å². The highest BCUT2D eigenvalue weighted by molar-refractivity contribution is 5.67. The number of H-pyrrole nitrogens is 1. The third-order valence-electron chi connectivity index (χ3n) is 8.27. The second-order valence-corrected chi connectivity index (χ2v) is 10.4. The van der Waals surface area contributed by atoms with Gasteiger partial charge in [-0.15, -0.1) is 0 Å². The lowest BCUT2D eigenvalue weighted by Gasteiger charge is -2.59. The topological polar surface area (TPSA) is 45.8 Å². The fraction of sp³-hybridized carbons (Fsp3) is 0.520. The van der Waals surface area contributed by atoms with Crippen LogP contribution in [0.25, 0.3) is 17.5 Å². The molecule has 5 aliphatic carbocycles.